The van der Waals surface area contributed by atoms with E-state index in [-0.39, 0.29) is 10.7 Å². The lowest BCUT2D eigenvalue weighted by atomic mass is 10.0. The van der Waals surface area contributed by atoms with Gasteiger partial charge in [-0.25, -0.2) is 4.90 Å². The van der Waals surface area contributed by atoms with Crippen LogP contribution in [-0.2, 0) is 16.1 Å². The Bertz CT molecular complexity index is 1780. The molecule has 0 aliphatic carbocycles. The molecule has 0 atom stereocenters. The molecular weight excluding hydrogens is 494 g/mol. The molecule has 0 saturated carbocycles. The van der Waals surface area contributed by atoms with Gasteiger partial charge in [0.25, 0.3) is 11.8 Å². The molecule has 1 aliphatic heterocycles. The van der Waals surface area contributed by atoms with E-state index in [0.29, 0.717) is 18.0 Å². The maximum absolute atomic E-state index is 13.6. The van der Waals surface area contributed by atoms with Crippen LogP contribution in [0.2, 0.25) is 0 Å². The largest absolute Gasteiger partial charge is 0.495 e. The zero-order chi connectivity index (χ0) is 26.2. The lowest BCUT2D eigenvalue weighted by Gasteiger charge is -2.29. The van der Waals surface area contributed by atoms with Crippen LogP contribution >= 0.6 is 12.2 Å². The maximum Gasteiger partial charge on any atom is 0.270 e. The highest BCUT2D eigenvalue weighted by atomic mass is 32.1. The molecule has 5 aromatic rings. The Kier molecular flexibility index (Phi) is 5.98. The molecule has 1 N–H and O–H groups in total. The molecular formula is C31H23N3O3S. The van der Waals surface area contributed by atoms with Crippen molar-refractivity contribution in [3.8, 4) is 5.75 Å². The van der Waals surface area contributed by atoms with Crippen molar-refractivity contribution >= 4 is 62.6 Å². The van der Waals surface area contributed by atoms with Crippen LogP contribution in [0, 0.1) is 0 Å². The molecule has 0 unspecified atom stereocenters. The molecule has 0 bridgehead atoms. The van der Waals surface area contributed by atoms with Gasteiger partial charge in [0.2, 0.25) is 0 Å². The van der Waals surface area contributed by atoms with Crippen molar-refractivity contribution in [2.75, 3.05) is 12.0 Å². The number of carbonyl (C=O) groups excluding carboxylic acids is 2. The average Bonchev–Trinajstić information content (AvgIpc) is 3.28. The number of amides is 2. The molecule has 4 aromatic carbocycles. The quantitative estimate of drug-likeness (QED) is 0.185. The van der Waals surface area contributed by atoms with Crippen LogP contribution in [0.4, 0.5) is 5.69 Å². The summed E-state index contributed by atoms with van der Waals surface area (Å²) < 4.78 is 7.58. The highest BCUT2D eigenvalue weighted by molar-refractivity contribution is 7.80. The minimum absolute atomic E-state index is 0.00225. The summed E-state index contributed by atoms with van der Waals surface area (Å²) in [7, 11) is 1.52. The summed E-state index contributed by atoms with van der Waals surface area (Å²) in [5.41, 5.74) is 3.43. The van der Waals surface area contributed by atoms with Crippen LogP contribution in [0.15, 0.2) is 103 Å². The molecule has 1 fully saturated rings. The van der Waals surface area contributed by atoms with E-state index in [1.807, 2.05) is 42.6 Å². The number of nitrogens with zero attached hydrogens (tertiary/aromatic N) is 2. The van der Waals surface area contributed by atoms with Crippen LogP contribution in [0.1, 0.15) is 11.1 Å². The zero-order valence-corrected chi connectivity index (χ0v) is 21.4. The second-order valence-electron chi connectivity index (χ2n) is 9.00. The Morgan fingerprint density at radius 1 is 0.868 bits per heavy atom. The summed E-state index contributed by atoms with van der Waals surface area (Å²) in [5.74, 6) is -0.559. The van der Waals surface area contributed by atoms with Crippen molar-refractivity contribution in [1.29, 1.82) is 0 Å². The molecule has 1 aromatic heterocycles. The number of anilines is 1. The molecule has 1 saturated heterocycles. The number of fused-ring (bicyclic) bond motifs is 2. The lowest BCUT2D eigenvalue weighted by molar-refractivity contribution is -0.122. The van der Waals surface area contributed by atoms with Crippen molar-refractivity contribution in [2.45, 2.75) is 6.54 Å². The number of rotatable bonds is 5. The van der Waals surface area contributed by atoms with Gasteiger partial charge in [-0.2, -0.15) is 0 Å². The van der Waals surface area contributed by atoms with Gasteiger partial charge in [-0.1, -0.05) is 72.8 Å². The summed E-state index contributed by atoms with van der Waals surface area (Å²) in [6.07, 6.45) is 3.63. The molecule has 186 valence electrons. The number of thiocarbonyl (C=S) groups is 1. The first-order valence-electron chi connectivity index (χ1n) is 12.1. The Morgan fingerprint density at radius 3 is 2.42 bits per heavy atom. The number of aromatic nitrogens is 1. The molecule has 7 heteroatoms. The second-order valence-corrected chi connectivity index (χ2v) is 9.38. The summed E-state index contributed by atoms with van der Waals surface area (Å²) in [6, 6.07) is 29.6. The van der Waals surface area contributed by atoms with E-state index in [4.69, 9.17) is 17.0 Å². The van der Waals surface area contributed by atoms with E-state index < -0.39 is 11.8 Å². The van der Waals surface area contributed by atoms with Gasteiger partial charge in [-0.15, -0.1) is 0 Å². The second kappa shape index (κ2) is 9.61. The molecule has 2 heterocycles. The standard InChI is InChI=1S/C31H23N3O3S/c1-37-28-16-7-6-15-27(28)34-30(36)25(29(35)32-31(34)38)17-22-19-33(26-14-5-4-13-24(22)26)18-21-11-8-10-20-9-2-3-12-23(20)21/h2-17,19H,18H2,1H3,(H,32,35,38)/b25-17+. The fourth-order valence-corrected chi connectivity index (χ4v) is 5.26. The first kappa shape index (κ1) is 23.6. The van der Waals surface area contributed by atoms with Crippen molar-refractivity contribution in [3.63, 3.8) is 0 Å². The predicted octanol–water partition coefficient (Wildman–Crippen LogP) is 5.68. The molecule has 0 spiro atoms. The third kappa shape index (κ3) is 4.03. The highest BCUT2D eigenvalue weighted by Gasteiger charge is 2.36. The van der Waals surface area contributed by atoms with Gasteiger partial charge in [0.15, 0.2) is 5.11 Å². The number of para-hydroxylation sites is 3. The molecule has 38 heavy (non-hydrogen) atoms. The van der Waals surface area contributed by atoms with Gasteiger partial charge < -0.3 is 9.30 Å². The molecule has 6 nitrogen and oxygen atoms in total. The number of benzene rings is 4. The number of methoxy groups -OCH3 is 1. The normalized spacial score (nSPS) is 14.9. The summed E-state index contributed by atoms with van der Waals surface area (Å²) in [5, 5.41) is 5.99. The minimum Gasteiger partial charge on any atom is -0.495 e. The smallest absolute Gasteiger partial charge is 0.270 e. The van der Waals surface area contributed by atoms with Crippen LogP contribution in [-0.4, -0.2) is 28.6 Å². The van der Waals surface area contributed by atoms with Crippen molar-refractivity contribution < 1.29 is 14.3 Å². The topological polar surface area (TPSA) is 63.6 Å². The first-order chi connectivity index (χ1) is 18.5. The van der Waals surface area contributed by atoms with Gasteiger partial charge in [0.05, 0.1) is 12.8 Å². The minimum atomic E-state index is -0.531. The van der Waals surface area contributed by atoms with Gasteiger partial charge in [-0.3, -0.25) is 14.9 Å². The Balaban J connectivity index is 1.44. The zero-order valence-electron chi connectivity index (χ0n) is 20.5. The van der Waals surface area contributed by atoms with Gasteiger partial charge in [0, 0.05) is 29.2 Å². The van der Waals surface area contributed by atoms with E-state index in [2.05, 4.69) is 40.2 Å². The van der Waals surface area contributed by atoms with E-state index in [1.54, 1.807) is 30.3 Å². The Labute approximate surface area is 224 Å². The average molecular weight is 518 g/mol. The molecule has 6 rings (SSSR count). The van der Waals surface area contributed by atoms with Crippen LogP contribution in [0.3, 0.4) is 0 Å². The third-order valence-corrected chi connectivity index (χ3v) is 7.05. The number of hydrogen-bond acceptors (Lipinski definition) is 4. The summed E-state index contributed by atoms with van der Waals surface area (Å²) >= 11 is 5.37. The SMILES string of the molecule is COc1ccccc1N1C(=O)/C(=C/c2cn(Cc3cccc4ccccc34)c3ccccc23)C(=O)NC1=S. The molecule has 1 aliphatic rings. The van der Waals surface area contributed by atoms with E-state index in [0.717, 1.165) is 16.5 Å². The fraction of sp³-hybridized carbons (Fsp3) is 0.0645. The first-order valence-corrected chi connectivity index (χ1v) is 12.5. The third-order valence-electron chi connectivity index (χ3n) is 6.77. The number of nitrogens with one attached hydrogen (secondary N) is 1. The van der Waals surface area contributed by atoms with Crippen LogP contribution < -0.4 is 15.0 Å². The van der Waals surface area contributed by atoms with Crippen LogP contribution in [0.5, 0.6) is 5.75 Å². The predicted molar refractivity (Wildman–Crippen MR) is 154 cm³/mol. The van der Waals surface area contributed by atoms with E-state index in [1.165, 1.54) is 28.3 Å². The summed E-state index contributed by atoms with van der Waals surface area (Å²) in [6.45, 7) is 0.641. The van der Waals surface area contributed by atoms with Crippen LogP contribution in [0.25, 0.3) is 27.8 Å². The van der Waals surface area contributed by atoms with Gasteiger partial charge in [-0.05, 0) is 52.8 Å². The lowest BCUT2D eigenvalue weighted by Crippen LogP contribution is -2.54. The maximum atomic E-state index is 13.6. The monoisotopic (exact) mass is 517 g/mol. The Hall–Kier alpha value is -4.75. The number of hydrogen-bond donors (Lipinski definition) is 1. The van der Waals surface area contributed by atoms with E-state index in [9.17, 15) is 9.59 Å². The van der Waals surface area contributed by atoms with Crippen molar-refractivity contribution in [1.82, 2.24) is 9.88 Å². The summed E-state index contributed by atoms with van der Waals surface area (Å²) in [4.78, 5) is 27.9. The van der Waals surface area contributed by atoms with Gasteiger partial charge in [0.1, 0.15) is 11.3 Å². The van der Waals surface area contributed by atoms with Gasteiger partial charge >= 0.3 is 0 Å². The highest BCUT2D eigenvalue weighted by Crippen LogP contribution is 2.32. The van der Waals surface area contributed by atoms with Crippen molar-refractivity contribution in [2.24, 2.45) is 0 Å². The number of carbonyl (C=O) groups is 2. The Morgan fingerprint density at radius 2 is 1.58 bits per heavy atom. The van der Waals surface area contributed by atoms with Crippen molar-refractivity contribution in [3.05, 3.63) is 114 Å². The number of ether oxygens (including phenoxy) is 1. The van der Waals surface area contributed by atoms with E-state index >= 15 is 0 Å². The fourth-order valence-electron chi connectivity index (χ4n) is 4.98. The molecule has 2 amide bonds. The molecule has 0 radical (unpaired) electrons.